The van der Waals surface area contributed by atoms with Gasteiger partial charge in [-0.15, -0.1) is 0 Å². The quantitative estimate of drug-likeness (QED) is 0.806. The number of amides is 2. The van der Waals surface area contributed by atoms with Crippen LogP contribution in [0.4, 0.5) is 4.79 Å². The molecule has 5 heteroatoms. The van der Waals surface area contributed by atoms with Crippen LogP contribution in [-0.4, -0.2) is 11.1 Å². The Labute approximate surface area is 115 Å². The zero-order chi connectivity index (χ0) is 13.8. The maximum absolute atomic E-state index is 11.1. The minimum atomic E-state index is -0.673. The van der Waals surface area contributed by atoms with E-state index < -0.39 is 12.1 Å². The molecule has 0 saturated heterocycles. The van der Waals surface area contributed by atoms with Gasteiger partial charge in [-0.1, -0.05) is 41.9 Å². The van der Waals surface area contributed by atoms with Crippen LogP contribution in [-0.2, 0) is 0 Å². The van der Waals surface area contributed by atoms with Crippen LogP contribution in [0.3, 0.4) is 0 Å². The number of halogens is 1. The van der Waals surface area contributed by atoms with Gasteiger partial charge in [-0.2, -0.15) is 0 Å². The first-order chi connectivity index (χ1) is 9.08. The molecule has 0 aromatic heterocycles. The second-order valence-electron chi connectivity index (χ2n) is 4.06. The Morgan fingerprint density at radius 1 is 1.21 bits per heavy atom. The first-order valence-electron chi connectivity index (χ1n) is 5.67. The van der Waals surface area contributed by atoms with E-state index in [2.05, 4.69) is 5.32 Å². The molecule has 4 nitrogen and oxygen atoms in total. The van der Waals surface area contributed by atoms with E-state index in [0.29, 0.717) is 10.6 Å². The number of phenols is 1. The third-order valence-electron chi connectivity index (χ3n) is 2.72. The zero-order valence-electron chi connectivity index (χ0n) is 10.0. The largest absolute Gasteiger partial charge is 0.508 e. The molecule has 2 rings (SSSR count). The molecule has 0 aliphatic heterocycles. The van der Waals surface area contributed by atoms with Gasteiger partial charge in [0.05, 0.1) is 6.04 Å². The van der Waals surface area contributed by atoms with Gasteiger partial charge in [-0.05, 0) is 23.8 Å². The van der Waals surface area contributed by atoms with Crippen LogP contribution in [0, 0.1) is 0 Å². The van der Waals surface area contributed by atoms with Crippen molar-refractivity contribution in [3.8, 4) is 5.75 Å². The molecule has 1 atom stereocenters. The Morgan fingerprint density at radius 2 is 1.89 bits per heavy atom. The number of aromatic hydroxyl groups is 1. The molecule has 0 aliphatic carbocycles. The molecule has 0 saturated carbocycles. The minimum Gasteiger partial charge on any atom is -0.508 e. The van der Waals surface area contributed by atoms with E-state index in [1.807, 2.05) is 30.3 Å². The van der Waals surface area contributed by atoms with Crippen molar-refractivity contribution in [3.05, 3.63) is 64.7 Å². The van der Waals surface area contributed by atoms with Crippen LogP contribution in [0.5, 0.6) is 5.75 Å². The molecule has 2 aromatic rings. The van der Waals surface area contributed by atoms with E-state index in [0.717, 1.165) is 5.56 Å². The second-order valence-corrected chi connectivity index (χ2v) is 4.49. The summed E-state index contributed by atoms with van der Waals surface area (Å²) in [5.74, 6) is 0.0482. The zero-order valence-corrected chi connectivity index (χ0v) is 10.8. The fourth-order valence-corrected chi connectivity index (χ4v) is 2.07. The number of urea groups is 1. The molecule has 0 radical (unpaired) electrons. The maximum atomic E-state index is 11.1. The Balaban J connectivity index is 2.48. The molecule has 0 spiro atoms. The average molecular weight is 277 g/mol. The lowest BCUT2D eigenvalue weighted by atomic mass is 9.98. The van der Waals surface area contributed by atoms with Crippen molar-refractivity contribution in [1.82, 2.24) is 5.32 Å². The molecular weight excluding hydrogens is 264 g/mol. The molecule has 0 heterocycles. The highest BCUT2D eigenvalue weighted by molar-refractivity contribution is 6.30. The highest BCUT2D eigenvalue weighted by Gasteiger charge is 2.19. The van der Waals surface area contributed by atoms with Crippen LogP contribution in [0.1, 0.15) is 17.2 Å². The number of phenolic OH excluding ortho intramolecular Hbond substituents is 1. The number of hydrogen-bond acceptors (Lipinski definition) is 2. The van der Waals surface area contributed by atoms with Crippen molar-refractivity contribution in [3.63, 3.8) is 0 Å². The second kappa shape index (κ2) is 5.63. The Hall–Kier alpha value is -2.20. The smallest absolute Gasteiger partial charge is 0.312 e. The summed E-state index contributed by atoms with van der Waals surface area (Å²) < 4.78 is 0. The first-order valence-corrected chi connectivity index (χ1v) is 6.05. The molecule has 1 unspecified atom stereocenters. The first kappa shape index (κ1) is 13.2. The van der Waals surface area contributed by atoms with Gasteiger partial charge >= 0.3 is 6.03 Å². The van der Waals surface area contributed by atoms with E-state index in [9.17, 15) is 9.90 Å². The van der Waals surface area contributed by atoms with Gasteiger partial charge in [-0.25, -0.2) is 4.79 Å². The number of rotatable bonds is 3. The SMILES string of the molecule is NC(=O)NC(c1ccccc1)c1cc(Cl)ccc1O. The van der Waals surface area contributed by atoms with Crippen LogP contribution in [0.25, 0.3) is 0 Å². The standard InChI is InChI=1S/C14H13ClN2O2/c15-10-6-7-12(18)11(8-10)13(17-14(16)19)9-4-2-1-3-5-9/h1-8,13,18H,(H3,16,17,19). The van der Waals surface area contributed by atoms with Crippen LogP contribution >= 0.6 is 11.6 Å². The molecule has 19 heavy (non-hydrogen) atoms. The molecule has 2 amide bonds. The number of nitrogens with two attached hydrogens (primary N) is 1. The number of carbonyl (C=O) groups is 1. The summed E-state index contributed by atoms with van der Waals surface area (Å²) in [5, 5.41) is 13.0. The van der Waals surface area contributed by atoms with Crippen LogP contribution in [0.15, 0.2) is 48.5 Å². The summed E-state index contributed by atoms with van der Waals surface area (Å²) in [6.45, 7) is 0. The topological polar surface area (TPSA) is 75.4 Å². The van der Waals surface area contributed by atoms with E-state index in [-0.39, 0.29) is 5.75 Å². The summed E-state index contributed by atoms with van der Waals surface area (Å²) in [6, 6.07) is 12.7. The fraction of sp³-hybridized carbons (Fsp3) is 0.0714. The summed E-state index contributed by atoms with van der Waals surface area (Å²) in [7, 11) is 0. The average Bonchev–Trinajstić information content (AvgIpc) is 2.40. The summed E-state index contributed by atoms with van der Waals surface area (Å²) in [6.07, 6.45) is 0. The Bertz CT molecular complexity index is 587. The maximum Gasteiger partial charge on any atom is 0.312 e. The monoisotopic (exact) mass is 276 g/mol. The number of primary amides is 1. The van der Waals surface area contributed by atoms with Crippen molar-refractivity contribution in [2.75, 3.05) is 0 Å². The van der Waals surface area contributed by atoms with E-state index in [1.165, 1.54) is 6.07 Å². The number of nitrogens with one attached hydrogen (secondary N) is 1. The molecule has 0 aliphatic rings. The number of carbonyl (C=O) groups excluding carboxylic acids is 1. The predicted octanol–water partition coefficient (Wildman–Crippen LogP) is 2.80. The van der Waals surface area contributed by atoms with Gasteiger partial charge in [0.15, 0.2) is 0 Å². The van der Waals surface area contributed by atoms with E-state index in [4.69, 9.17) is 17.3 Å². The van der Waals surface area contributed by atoms with Gasteiger partial charge < -0.3 is 16.2 Å². The lowest BCUT2D eigenvalue weighted by molar-refractivity contribution is 0.246. The normalized spacial score (nSPS) is 11.8. The number of benzene rings is 2. The summed E-state index contributed by atoms with van der Waals surface area (Å²) >= 11 is 5.93. The molecule has 4 N–H and O–H groups in total. The summed E-state index contributed by atoms with van der Waals surface area (Å²) in [5.41, 5.74) is 6.49. The molecule has 98 valence electrons. The predicted molar refractivity (Wildman–Crippen MR) is 74.1 cm³/mol. The van der Waals surface area contributed by atoms with Crippen LogP contribution < -0.4 is 11.1 Å². The van der Waals surface area contributed by atoms with Crippen molar-refractivity contribution in [2.24, 2.45) is 5.73 Å². The van der Waals surface area contributed by atoms with Gasteiger partial charge in [0.2, 0.25) is 0 Å². The Morgan fingerprint density at radius 3 is 2.53 bits per heavy atom. The van der Waals surface area contributed by atoms with Gasteiger partial charge in [0, 0.05) is 10.6 Å². The number of hydrogen-bond donors (Lipinski definition) is 3. The lowest BCUT2D eigenvalue weighted by Crippen LogP contribution is -2.33. The van der Waals surface area contributed by atoms with Crippen molar-refractivity contribution in [2.45, 2.75) is 6.04 Å². The third-order valence-corrected chi connectivity index (χ3v) is 2.96. The van der Waals surface area contributed by atoms with Gasteiger partial charge in [0.25, 0.3) is 0 Å². The highest BCUT2D eigenvalue weighted by Crippen LogP contribution is 2.31. The van der Waals surface area contributed by atoms with Crippen molar-refractivity contribution in [1.29, 1.82) is 0 Å². The lowest BCUT2D eigenvalue weighted by Gasteiger charge is -2.19. The van der Waals surface area contributed by atoms with E-state index in [1.54, 1.807) is 12.1 Å². The van der Waals surface area contributed by atoms with Gasteiger partial charge in [-0.3, -0.25) is 0 Å². The highest BCUT2D eigenvalue weighted by atomic mass is 35.5. The van der Waals surface area contributed by atoms with Crippen LogP contribution in [0.2, 0.25) is 5.02 Å². The molecular formula is C14H13ClN2O2. The fourth-order valence-electron chi connectivity index (χ4n) is 1.88. The molecule has 2 aromatic carbocycles. The molecule has 0 fully saturated rings. The van der Waals surface area contributed by atoms with Crippen molar-refractivity contribution < 1.29 is 9.90 Å². The summed E-state index contributed by atoms with van der Waals surface area (Å²) in [4.78, 5) is 11.1. The van der Waals surface area contributed by atoms with E-state index >= 15 is 0 Å². The minimum absolute atomic E-state index is 0.0482. The van der Waals surface area contributed by atoms with Crippen molar-refractivity contribution >= 4 is 17.6 Å². The molecule has 0 bridgehead atoms. The van der Waals surface area contributed by atoms with Gasteiger partial charge in [0.1, 0.15) is 5.75 Å². The third kappa shape index (κ3) is 3.17. The Kier molecular flexibility index (Phi) is 3.92.